The Balaban J connectivity index is 1.58. The smallest absolute Gasteiger partial charge is 0.0373 e. The second-order valence-electron chi connectivity index (χ2n) is 6.02. The molecule has 0 unspecified atom stereocenters. The predicted octanol–water partition coefficient (Wildman–Crippen LogP) is 3.28. The van der Waals surface area contributed by atoms with Crippen molar-refractivity contribution in [2.75, 3.05) is 25.5 Å². The van der Waals surface area contributed by atoms with Crippen molar-refractivity contribution >= 4 is 5.69 Å². The fourth-order valence-electron chi connectivity index (χ4n) is 3.47. The van der Waals surface area contributed by atoms with Gasteiger partial charge in [-0.15, -0.1) is 0 Å². The summed E-state index contributed by atoms with van der Waals surface area (Å²) in [6.45, 7) is 3.48. The summed E-state index contributed by atoms with van der Waals surface area (Å²) in [6.07, 6.45) is 6.97. The van der Waals surface area contributed by atoms with Gasteiger partial charge in [0.15, 0.2) is 0 Å². The maximum atomic E-state index is 3.43. The van der Waals surface area contributed by atoms with Crippen molar-refractivity contribution in [2.24, 2.45) is 5.92 Å². The highest BCUT2D eigenvalue weighted by Gasteiger charge is 2.17. The van der Waals surface area contributed by atoms with Crippen molar-refractivity contribution < 1.29 is 0 Å². The highest BCUT2D eigenvalue weighted by molar-refractivity contribution is 5.56. The lowest BCUT2D eigenvalue weighted by Gasteiger charge is -2.21. The van der Waals surface area contributed by atoms with E-state index in [2.05, 4.69) is 35.5 Å². The first kappa shape index (κ1) is 12.0. The van der Waals surface area contributed by atoms with Gasteiger partial charge in [0.05, 0.1) is 0 Å². The van der Waals surface area contributed by atoms with Crippen molar-refractivity contribution in [1.29, 1.82) is 0 Å². The van der Waals surface area contributed by atoms with Crippen LogP contribution in [-0.4, -0.2) is 25.0 Å². The van der Waals surface area contributed by atoms with E-state index in [9.17, 15) is 0 Å². The van der Waals surface area contributed by atoms with Crippen molar-refractivity contribution in [3.05, 3.63) is 29.3 Å². The summed E-state index contributed by atoms with van der Waals surface area (Å²) in [5.41, 5.74) is 4.32. The van der Waals surface area contributed by atoms with Crippen LogP contribution in [0.3, 0.4) is 0 Å². The van der Waals surface area contributed by atoms with Gasteiger partial charge in [-0.05, 0) is 49.4 Å². The van der Waals surface area contributed by atoms with Gasteiger partial charge in [-0.1, -0.05) is 25.0 Å². The van der Waals surface area contributed by atoms with E-state index in [1.54, 1.807) is 0 Å². The fraction of sp³-hybridized carbons (Fsp3) is 0.625. The molecule has 0 amide bonds. The average Bonchev–Trinajstić information content (AvgIpc) is 2.98. The van der Waals surface area contributed by atoms with Gasteiger partial charge in [-0.2, -0.15) is 0 Å². The summed E-state index contributed by atoms with van der Waals surface area (Å²) in [6, 6.07) is 6.92. The highest BCUT2D eigenvalue weighted by atomic mass is 15.1. The largest absolute Gasteiger partial charge is 0.384 e. The topological polar surface area (TPSA) is 15.3 Å². The van der Waals surface area contributed by atoms with Gasteiger partial charge < -0.3 is 10.2 Å². The van der Waals surface area contributed by atoms with Gasteiger partial charge >= 0.3 is 0 Å². The second kappa shape index (κ2) is 5.31. The molecule has 1 aromatic carbocycles. The van der Waals surface area contributed by atoms with Gasteiger partial charge in [0.1, 0.15) is 0 Å². The third-order valence-corrected chi connectivity index (χ3v) is 4.38. The minimum absolute atomic E-state index is 0.950. The molecule has 2 heteroatoms. The van der Waals surface area contributed by atoms with E-state index >= 15 is 0 Å². The van der Waals surface area contributed by atoms with Crippen LogP contribution in [0.2, 0.25) is 0 Å². The van der Waals surface area contributed by atoms with Crippen molar-refractivity contribution in [2.45, 2.75) is 38.6 Å². The van der Waals surface area contributed by atoms with Crippen LogP contribution in [0.4, 0.5) is 5.69 Å². The lowest BCUT2D eigenvalue weighted by molar-refractivity contribution is 0.271. The molecule has 0 atom stereocenters. The number of fused-ring (bicyclic) bond motifs is 1. The van der Waals surface area contributed by atoms with Crippen LogP contribution in [0.25, 0.3) is 0 Å². The molecule has 1 saturated carbocycles. The summed E-state index contributed by atoms with van der Waals surface area (Å²) < 4.78 is 0. The molecule has 0 radical (unpaired) electrons. The molecule has 1 heterocycles. The van der Waals surface area contributed by atoms with Gasteiger partial charge in [0.25, 0.3) is 0 Å². The maximum absolute atomic E-state index is 3.43. The molecule has 0 saturated heterocycles. The monoisotopic (exact) mass is 244 g/mol. The molecule has 2 nitrogen and oxygen atoms in total. The summed E-state index contributed by atoms with van der Waals surface area (Å²) in [5.74, 6) is 0.950. The Morgan fingerprint density at radius 1 is 1.28 bits per heavy atom. The first-order chi connectivity index (χ1) is 8.81. The van der Waals surface area contributed by atoms with Gasteiger partial charge in [-0.3, -0.25) is 0 Å². The highest BCUT2D eigenvalue weighted by Crippen LogP contribution is 2.26. The van der Waals surface area contributed by atoms with Crippen LogP contribution in [0.1, 0.15) is 36.8 Å². The Morgan fingerprint density at radius 3 is 2.94 bits per heavy atom. The standard InChI is InChI=1S/C16H24N2/c1-18(11-13-4-2-3-5-13)12-14-6-7-16-15(10-14)8-9-17-16/h6-7,10,13,17H,2-5,8-9,11-12H2,1H3. The SMILES string of the molecule is CN(Cc1ccc2c(c1)CCN2)CC1CCCC1. The van der Waals surface area contributed by atoms with Crippen LogP contribution in [0.5, 0.6) is 0 Å². The Kier molecular flexibility index (Phi) is 3.55. The lowest BCUT2D eigenvalue weighted by Crippen LogP contribution is -2.24. The van der Waals surface area contributed by atoms with E-state index < -0.39 is 0 Å². The Bertz CT molecular complexity index is 408. The molecule has 0 aromatic heterocycles. The zero-order valence-corrected chi connectivity index (χ0v) is 11.4. The molecule has 98 valence electrons. The minimum Gasteiger partial charge on any atom is -0.384 e. The summed E-state index contributed by atoms with van der Waals surface area (Å²) in [7, 11) is 2.27. The molecule has 3 rings (SSSR count). The average molecular weight is 244 g/mol. The first-order valence-corrected chi connectivity index (χ1v) is 7.35. The number of benzene rings is 1. The zero-order valence-electron chi connectivity index (χ0n) is 11.4. The molecule has 1 aromatic rings. The minimum atomic E-state index is 0.950. The predicted molar refractivity (Wildman–Crippen MR) is 76.9 cm³/mol. The second-order valence-corrected chi connectivity index (χ2v) is 6.02. The summed E-state index contributed by atoms with van der Waals surface area (Å²) >= 11 is 0. The van der Waals surface area contributed by atoms with E-state index in [0.717, 1.165) is 19.0 Å². The number of anilines is 1. The molecule has 1 fully saturated rings. The van der Waals surface area contributed by atoms with E-state index in [1.807, 2.05) is 0 Å². The molecular formula is C16H24N2. The van der Waals surface area contributed by atoms with Crippen LogP contribution < -0.4 is 5.32 Å². The van der Waals surface area contributed by atoms with E-state index in [-0.39, 0.29) is 0 Å². The molecular weight excluding hydrogens is 220 g/mol. The number of hydrogen-bond acceptors (Lipinski definition) is 2. The van der Waals surface area contributed by atoms with E-state index in [4.69, 9.17) is 0 Å². The van der Waals surface area contributed by atoms with Gasteiger partial charge in [0.2, 0.25) is 0 Å². The Labute approximate surface area is 110 Å². The molecule has 0 spiro atoms. The number of nitrogens with zero attached hydrogens (tertiary/aromatic N) is 1. The summed E-state index contributed by atoms with van der Waals surface area (Å²) in [4.78, 5) is 2.50. The van der Waals surface area contributed by atoms with Crippen molar-refractivity contribution in [3.8, 4) is 0 Å². The third-order valence-electron chi connectivity index (χ3n) is 4.38. The first-order valence-electron chi connectivity index (χ1n) is 7.35. The Morgan fingerprint density at radius 2 is 2.11 bits per heavy atom. The zero-order chi connectivity index (χ0) is 12.4. The Hall–Kier alpha value is -1.02. The van der Waals surface area contributed by atoms with Crippen LogP contribution in [0.15, 0.2) is 18.2 Å². The molecule has 1 aliphatic heterocycles. The molecule has 1 aliphatic carbocycles. The lowest BCUT2D eigenvalue weighted by atomic mass is 10.1. The fourth-order valence-corrected chi connectivity index (χ4v) is 3.47. The number of hydrogen-bond donors (Lipinski definition) is 1. The normalized spacial score (nSPS) is 19.2. The summed E-state index contributed by atoms with van der Waals surface area (Å²) in [5, 5.41) is 3.43. The van der Waals surface area contributed by atoms with Crippen LogP contribution >= 0.6 is 0 Å². The number of nitrogens with one attached hydrogen (secondary N) is 1. The van der Waals surface area contributed by atoms with Crippen molar-refractivity contribution in [3.63, 3.8) is 0 Å². The van der Waals surface area contributed by atoms with Crippen LogP contribution in [0, 0.1) is 5.92 Å². The molecule has 0 bridgehead atoms. The third kappa shape index (κ3) is 2.69. The maximum Gasteiger partial charge on any atom is 0.0373 e. The number of rotatable bonds is 4. The quantitative estimate of drug-likeness (QED) is 0.874. The van der Waals surface area contributed by atoms with Crippen LogP contribution in [-0.2, 0) is 13.0 Å². The van der Waals surface area contributed by atoms with E-state index in [0.29, 0.717) is 0 Å². The molecule has 1 N–H and O–H groups in total. The molecule has 2 aliphatic rings. The van der Waals surface area contributed by atoms with Crippen molar-refractivity contribution in [1.82, 2.24) is 4.90 Å². The molecule has 18 heavy (non-hydrogen) atoms. The van der Waals surface area contributed by atoms with Gasteiger partial charge in [0, 0.05) is 25.3 Å². The van der Waals surface area contributed by atoms with Gasteiger partial charge in [-0.25, -0.2) is 0 Å². The van der Waals surface area contributed by atoms with E-state index in [1.165, 1.54) is 55.5 Å².